The number of carbonyl (C=O) groups excluding carboxylic acids is 1. The van der Waals surface area contributed by atoms with Gasteiger partial charge in [0.1, 0.15) is 0 Å². The number of aromatic amines is 1. The van der Waals surface area contributed by atoms with Crippen LogP contribution in [0.2, 0.25) is 5.02 Å². The maximum absolute atomic E-state index is 11.4. The van der Waals surface area contributed by atoms with Crippen molar-refractivity contribution in [2.75, 3.05) is 0 Å². The van der Waals surface area contributed by atoms with Gasteiger partial charge in [-0.1, -0.05) is 23.7 Å². The van der Waals surface area contributed by atoms with Crippen molar-refractivity contribution in [2.24, 2.45) is 0 Å². The highest BCUT2D eigenvalue weighted by atomic mass is 35.5. The number of nitrogens with one attached hydrogen (secondary N) is 2. The largest absolute Gasteiger partial charge is 0.345 e. The van der Waals surface area contributed by atoms with Gasteiger partial charge >= 0.3 is 0 Å². The van der Waals surface area contributed by atoms with E-state index in [9.17, 15) is 4.79 Å². The van der Waals surface area contributed by atoms with Crippen LogP contribution in [0.5, 0.6) is 0 Å². The molecule has 82 valence electrons. The highest BCUT2D eigenvalue weighted by Crippen LogP contribution is 2.09. The smallest absolute Gasteiger partial charge is 0.293 e. The van der Waals surface area contributed by atoms with E-state index in [1.165, 1.54) is 0 Å². The lowest BCUT2D eigenvalue weighted by Gasteiger charge is -2.02. The van der Waals surface area contributed by atoms with Crippen molar-refractivity contribution in [3.8, 4) is 0 Å². The maximum atomic E-state index is 11.4. The Morgan fingerprint density at radius 1 is 1.38 bits per heavy atom. The zero-order chi connectivity index (χ0) is 11.4. The van der Waals surface area contributed by atoms with E-state index in [2.05, 4.69) is 25.9 Å². The zero-order valence-corrected chi connectivity index (χ0v) is 8.90. The summed E-state index contributed by atoms with van der Waals surface area (Å²) in [6.45, 7) is 0.393. The van der Waals surface area contributed by atoms with E-state index >= 15 is 0 Å². The number of benzene rings is 1. The normalized spacial score (nSPS) is 10.1. The van der Waals surface area contributed by atoms with Crippen molar-refractivity contribution >= 4 is 17.5 Å². The predicted octanol–water partition coefficient (Wildman–Crippen LogP) is 0.783. The van der Waals surface area contributed by atoms with Gasteiger partial charge in [-0.25, -0.2) is 0 Å². The van der Waals surface area contributed by atoms with Crippen LogP contribution in [0.25, 0.3) is 0 Å². The van der Waals surface area contributed by atoms with Crippen LogP contribution in [0.15, 0.2) is 24.3 Å². The molecule has 0 saturated heterocycles. The van der Waals surface area contributed by atoms with Crippen LogP contribution in [-0.2, 0) is 6.54 Å². The highest BCUT2D eigenvalue weighted by Gasteiger charge is 2.09. The molecule has 16 heavy (non-hydrogen) atoms. The Balaban J connectivity index is 1.93. The molecule has 1 amide bonds. The first-order valence-electron chi connectivity index (χ1n) is 4.52. The van der Waals surface area contributed by atoms with Gasteiger partial charge in [0.05, 0.1) is 0 Å². The summed E-state index contributed by atoms with van der Waals surface area (Å²) in [7, 11) is 0. The summed E-state index contributed by atoms with van der Waals surface area (Å²) in [4.78, 5) is 11.4. The van der Waals surface area contributed by atoms with E-state index in [-0.39, 0.29) is 11.7 Å². The van der Waals surface area contributed by atoms with Crippen LogP contribution in [-0.4, -0.2) is 26.5 Å². The molecule has 0 radical (unpaired) electrons. The topological polar surface area (TPSA) is 83.6 Å². The molecule has 0 fully saturated rings. The second kappa shape index (κ2) is 4.71. The van der Waals surface area contributed by atoms with Gasteiger partial charge in [-0.05, 0) is 22.9 Å². The molecule has 6 nitrogen and oxygen atoms in total. The van der Waals surface area contributed by atoms with Crippen LogP contribution in [0.1, 0.15) is 16.2 Å². The molecule has 7 heteroatoms. The number of amides is 1. The first-order chi connectivity index (χ1) is 7.75. The molecule has 0 bridgehead atoms. The molecule has 2 N–H and O–H groups in total. The number of rotatable bonds is 3. The van der Waals surface area contributed by atoms with Gasteiger partial charge in [0.25, 0.3) is 11.7 Å². The third-order valence-electron chi connectivity index (χ3n) is 1.91. The Morgan fingerprint density at radius 3 is 2.75 bits per heavy atom. The van der Waals surface area contributed by atoms with E-state index in [1.54, 1.807) is 12.1 Å². The van der Waals surface area contributed by atoms with Crippen LogP contribution in [0, 0.1) is 0 Å². The highest BCUT2D eigenvalue weighted by molar-refractivity contribution is 6.30. The minimum absolute atomic E-state index is 0.0222. The quantitative estimate of drug-likeness (QED) is 0.827. The minimum Gasteiger partial charge on any atom is -0.345 e. The molecule has 0 aliphatic carbocycles. The Morgan fingerprint density at radius 2 is 2.12 bits per heavy atom. The average molecular weight is 238 g/mol. The lowest BCUT2D eigenvalue weighted by atomic mass is 10.2. The van der Waals surface area contributed by atoms with Crippen LogP contribution >= 0.6 is 11.6 Å². The van der Waals surface area contributed by atoms with Crippen molar-refractivity contribution in [1.82, 2.24) is 25.9 Å². The first kappa shape index (κ1) is 10.6. The van der Waals surface area contributed by atoms with Gasteiger partial charge in [-0.15, -0.1) is 10.2 Å². The third kappa shape index (κ3) is 2.54. The summed E-state index contributed by atoms with van der Waals surface area (Å²) < 4.78 is 0. The summed E-state index contributed by atoms with van der Waals surface area (Å²) in [5.74, 6) is -0.349. The van der Waals surface area contributed by atoms with Crippen molar-refractivity contribution in [1.29, 1.82) is 0 Å². The number of hydrogen-bond acceptors (Lipinski definition) is 4. The van der Waals surface area contributed by atoms with Crippen molar-refractivity contribution < 1.29 is 4.79 Å². The second-order valence-electron chi connectivity index (χ2n) is 3.04. The Labute approximate surface area is 96.0 Å². The predicted molar refractivity (Wildman–Crippen MR) is 56.8 cm³/mol. The molecule has 0 unspecified atom stereocenters. The summed E-state index contributed by atoms with van der Waals surface area (Å²) in [6.07, 6.45) is 0. The van der Waals surface area contributed by atoms with Crippen LogP contribution < -0.4 is 5.32 Å². The molecular formula is C9H8ClN5O. The van der Waals surface area contributed by atoms with Crippen molar-refractivity contribution in [3.05, 3.63) is 40.7 Å². The summed E-state index contributed by atoms with van der Waals surface area (Å²) >= 11 is 5.74. The zero-order valence-electron chi connectivity index (χ0n) is 8.14. The number of nitrogens with zero attached hydrogens (tertiary/aromatic N) is 3. The number of tetrazole rings is 1. The number of H-pyrrole nitrogens is 1. The van der Waals surface area contributed by atoms with E-state index < -0.39 is 0 Å². The van der Waals surface area contributed by atoms with Crippen LogP contribution in [0.3, 0.4) is 0 Å². The molecule has 2 aromatic rings. The average Bonchev–Trinajstić information content (AvgIpc) is 2.81. The molecule has 0 atom stereocenters. The Kier molecular flexibility index (Phi) is 3.11. The molecule has 1 aromatic carbocycles. The van der Waals surface area contributed by atoms with Crippen molar-refractivity contribution in [3.63, 3.8) is 0 Å². The van der Waals surface area contributed by atoms with Gasteiger partial charge in [0.15, 0.2) is 0 Å². The van der Waals surface area contributed by atoms with Crippen molar-refractivity contribution in [2.45, 2.75) is 6.54 Å². The molecule has 0 aliphatic rings. The molecule has 2 rings (SSSR count). The Bertz CT molecular complexity index is 467. The lowest BCUT2D eigenvalue weighted by molar-refractivity contribution is 0.0940. The number of aromatic nitrogens is 4. The maximum Gasteiger partial charge on any atom is 0.293 e. The van der Waals surface area contributed by atoms with Crippen LogP contribution in [0.4, 0.5) is 0 Å². The number of hydrogen-bond donors (Lipinski definition) is 2. The van der Waals surface area contributed by atoms with Gasteiger partial charge in [-0.3, -0.25) is 4.79 Å². The molecule has 0 saturated carbocycles. The summed E-state index contributed by atoms with van der Waals surface area (Å²) in [5, 5.41) is 15.9. The molecule has 1 heterocycles. The first-order valence-corrected chi connectivity index (χ1v) is 4.89. The van der Waals surface area contributed by atoms with E-state index in [0.29, 0.717) is 11.6 Å². The molecule has 0 aliphatic heterocycles. The molecule has 0 spiro atoms. The standard InChI is InChI=1S/C9H8ClN5O/c10-7-3-1-6(2-4-7)5-11-9(16)8-12-14-15-13-8/h1-4H,5H2,(H,11,16)(H,12,13,14,15). The van der Waals surface area contributed by atoms with Gasteiger partial charge in [0, 0.05) is 11.6 Å². The third-order valence-corrected chi connectivity index (χ3v) is 2.17. The van der Waals surface area contributed by atoms with Gasteiger partial charge in [0.2, 0.25) is 0 Å². The summed E-state index contributed by atoms with van der Waals surface area (Å²) in [6, 6.07) is 7.19. The fraction of sp³-hybridized carbons (Fsp3) is 0.111. The number of halogens is 1. The van der Waals surface area contributed by atoms with Gasteiger partial charge < -0.3 is 5.32 Å². The fourth-order valence-corrected chi connectivity index (χ4v) is 1.25. The summed E-state index contributed by atoms with van der Waals surface area (Å²) in [5.41, 5.74) is 0.946. The van der Waals surface area contributed by atoms with Gasteiger partial charge in [-0.2, -0.15) is 5.21 Å². The van der Waals surface area contributed by atoms with E-state index in [0.717, 1.165) is 5.56 Å². The Hall–Kier alpha value is -1.95. The van der Waals surface area contributed by atoms with E-state index in [4.69, 9.17) is 11.6 Å². The second-order valence-corrected chi connectivity index (χ2v) is 3.48. The lowest BCUT2D eigenvalue weighted by Crippen LogP contribution is -2.24. The molecular weight excluding hydrogens is 230 g/mol. The SMILES string of the molecule is O=C(NCc1ccc(Cl)cc1)c1nn[nH]n1. The minimum atomic E-state index is -0.372. The number of carbonyl (C=O) groups is 1. The molecule has 1 aromatic heterocycles. The van der Waals surface area contributed by atoms with E-state index in [1.807, 2.05) is 12.1 Å². The fourth-order valence-electron chi connectivity index (χ4n) is 1.12. The monoisotopic (exact) mass is 237 g/mol.